The van der Waals surface area contributed by atoms with Gasteiger partial charge < -0.3 is 9.88 Å². The molecule has 0 radical (unpaired) electrons. The molecular weight excluding hydrogens is 238 g/mol. The van der Waals surface area contributed by atoms with Crippen LogP contribution in [-0.4, -0.2) is 15.5 Å². The first-order valence-electron chi connectivity index (χ1n) is 6.32. The van der Waals surface area contributed by atoms with Crippen LogP contribution in [0.15, 0.2) is 43.0 Å². The molecule has 0 aromatic carbocycles. The molecule has 4 heteroatoms. The zero-order valence-corrected chi connectivity index (χ0v) is 11.6. The Morgan fingerprint density at radius 2 is 1.95 bits per heavy atom. The zero-order valence-electron chi connectivity index (χ0n) is 11.6. The van der Waals surface area contributed by atoms with E-state index in [-0.39, 0.29) is 11.4 Å². The number of aromatic nitrogens is 2. The van der Waals surface area contributed by atoms with Crippen LogP contribution in [0.1, 0.15) is 36.7 Å². The molecule has 0 atom stereocenters. The molecule has 0 aliphatic carbocycles. The molecule has 1 amide bonds. The van der Waals surface area contributed by atoms with E-state index in [0.29, 0.717) is 12.1 Å². The first-order chi connectivity index (χ1) is 8.97. The van der Waals surface area contributed by atoms with Crippen LogP contribution < -0.4 is 5.32 Å². The minimum absolute atomic E-state index is 0.0103. The summed E-state index contributed by atoms with van der Waals surface area (Å²) in [5.41, 5.74) is 1.71. The third kappa shape index (κ3) is 3.44. The van der Waals surface area contributed by atoms with Crippen molar-refractivity contribution in [2.75, 3.05) is 0 Å². The number of carbonyl (C=O) groups is 1. The van der Waals surface area contributed by atoms with E-state index in [2.05, 4.69) is 31.1 Å². The maximum absolute atomic E-state index is 12.0. The molecule has 0 saturated heterocycles. The second-order valence-electron chi connectivity index (χ2n) is 5.52. The van der Waals surface area contributed by atoms with Gasteiger partial charge in [-0.1, -0.05) is 0 Å². The number of pyridine rings is 1. The highest BCUT2D eigenvalue weighted by molar-refractivity contribution is 5.93. The highest BCUT2D eigenvalue weighted by atomic mass is 16.1. The Morgan fingerprint density at radius 3 is 2.53 bits per heavy atom. The van der Waals surface area contributed by atoms with Crippen molar-refractivity contribution in [1.82, 2.24) is 14.9 Å². The number of nitrogens with zero attached hydrogens (tertiary/aromatic N) is 2. The third-order valence-electron chi connectivity index (χ3n) is 2.93. The number of hydrogen-bond acceptors (Lipinski definition) is 2. The van der Waals surface area contributed by atoms with Crippen molar-refractivity contribution in [3.8, 4) is 0 Å². The van der Waals surface area contributed by atoms with Gasteiger partial charge in [-0.3, -0.25) is 9.78 Å². The largest absolute Gasteiger partial charge is 0.348 e. The monoisotopic (exact) mass is 257 g/mol. The predicted octanol–water partition coefficient (Wildman–Crippen LogP) is 2.57. The van der Waals surface area contributed by atoms with Crippen molar-refractivity contribution in [3.05, 3.63) is 54.1 Å². The van der Waals surface area contributed by atoms with Gasteiger partial charge in [-0.2, -0.15) is 0 Å². The molecule has 2 aromatic rings. The first kappa shape index (κ1) is 13.3. The summed E-state index contributed by atoms with van der Waals surface area (Å²) in [5.74, 6) is -0.0557. The van der Waals surface area contributed by atoms with Crippen LogP contribution >= 0.6 is 0 Å². The summed E-state index contributed by atoms with van der Waals surface area (Å²) in [5, 5.41) is 2.90. The predicted molar refractivity (Wildman–Crippen MR) is 74.8 cm³/mol. The summed E-state index contributed by atoms with van der Waals surface area (Å²) in [6, 6.07) is 5.62. The molecular formula is C15H19N3O. The lowest BCUT2D eigenvalue weighted by atomic mass is 10.1. The molecule has 0 bridgehead atoms. The van der Waals surface area contributed by atoms with Crippen LogP contribution in [0.4, 0.5) is 0 Å². The van der Waals surface area contributed by atoms with E-state index in [0.717, 1.165) is 5.56 Å². The van der Waals surface area contributed by atoms with Gasteiger partial charge in [0.15, 0.2) is 0 Å². The molecule has 19 heavy (non-hydrogen) atoms. The van der Waals surface area contributed by atoms with Crippen molar-refractivity contribution in [2.45, 2.75) is 32.9 Å². The molecule has 2 rings (SSSR count). The van der Waals surface area contributed by atoms with Crippen molar-refractivity contribution in [2.24, 2.45) is 0 Å². The average molecular weight is 257 g/mol. The molecule has 100 valence electrons. The Morgan fingerprint density at radius 1 is 1.26 bits per heavy atom. The highest BCUT2D eigenvalue weighted by Crippen LogP contribution is 2.15. The maximum atomic E-state index is 12.0. The van der Waals surface area contributed by atoms with Gasteiger partial charge in [0.25, 0.3) is 5.91 Å². The van der Waals surface area contributed by atoms with Gasteiger partial charge in [0.1, 0.15) is 0 Å². The van der Waals surface area contributed by atoms with Crippen LogP contribution in [0.5, 0.6) is 0 Å². The molecule has 1 N–H and O–H groups in total. The van der Waals surface area contributed by atoms with Gasteiger partial charge in [-0.15, -0.1) is 0 Å². The third-order valence-corrected chi connectivity index (χ3v) is 2.93. The van der Waals surface area contributed by atoms with Gasteiger partial charge in [-0.05, 0) is 44.5 Å². The van der Waals surface area contributed by atoms with E-state index >= 15 is 0 Å². The maximum Gasteiger partial charge on any atom is 0.253 e. The Hall–Kier alpha value is -2.10. The zero-order chi connectivity index (χ0) is 13.9. The lowest BCUT2D eigenvalue weighted by Gasteiger charge is -2.20. The summed E-state index contributed by atoms with van der Waals surface area (Å²) in [6.45, 7) is 6.82. The van der Waals surface area contributed by atoms with Crippen molar-refractivity contribution in [3.63, 3.8) is 0 Å². The number of rotatable bonds is 3. The van der Waals surface area contributed by atoms with Crippen LogP contribution in [0.3, 0.4) is 0 Å². The van der Waals surface area contributed by atoms with Gasteiger partial charge in [-0.25, -0.2) is 0 Å². The van der Waals surface area contributed by atoms with Gasteiger partial charge in [0, 0.05) is 36.9 Å². The topological polar surface area (TPSA) is 46.9 Å². The van der Waals surface area contributed by atoms with E-state index in [1.54, 1.807) is 12.4 Å². The summed E-state index contributed by atoms with van der Waals surface area (Å²) in [6.07, 6.45) is 7.25. The molecule has 0 aliphatic heterocycles. The quantitative estimate of drug-likeness (QED) is 0.918. The second kappa shape index (κ2) is 5.26. The first-order valence-corrected chi connectivity index (χ1v) is 6.32. The molecule has 0 fully saturated rings. The average Bonchev–Trinajstić information content (AvgIpc) is 2.87. The Bertz CT molecular complexity index is 552. The minimum Gasteiger partial charge on any atom is -0.348 e. The number of carbonyl (C=O) groups excluding carboxylic acids is 1. The van der Waals surface area contributed by atoms with Crippen molar-refractivity contribution < 1.29 is 4.79 Å². The van der Waals surface area contributed by atoms with Crippen LogP contribution in [0.25, 0.3) is 0 Å². The van der Waals surface area contributed by atoms with Crippen molar-refractivity contribution >= 4 is 5.91 Å². The van der Waals surface area contributed by atoms with E-state index in [1.807, 2.05) is 35.2 Å². The smallest absolute Gasteiger partial charge is 0.253 e. The Kier molecular flexibility index (Phi) is 3.69. The van der Waals surface area contributed by atoms with E-state index in [4.69, 9.17) is 0 Å². The number of amides is 1. The number of hydrogen-bond donors (Lipinski definition) is 1. The molecule has 0 saturated carbocycles. The molecule has 0 aliphatic rings. The molecule has 0 unspecified atom stereocenters. The summed E-state index contributed by atoms with van der Waals surface area (Å²) in [7, 11) is 0. The second-order valence-corrected chi connectivity index (χ2v) is 5.52. The SMILES string of the molecule is CC(C)(C)n1ccc(C(=O)NCc2ccncc2)c1. The fourth-order valence-corrected chi connectivity index (χ4v) is 1.73. The van der Waals surface area contributed by atoms with Crippen LogP contribution in [-0.2, 0) is 12.1 Å². The summed E-state index contributed by atoms with van der Waals surface area (Å²) >= 11 is 0. The lowest BCUT2D eigenvalue weighted by Crippen LogP contribution is -2.23. The van der Waals surface area contributed by atoms with Crippen LogP contribution in [0, 0.1) is 0 Å². The standard InChI is InChI=1S/C15H19N3O/c1-15(2,3)18-9-6-13(11-18)14(19)17-10-12-4-7-16-8-5-12/h4-9,11H,10H2,1-3H3,(H,17,19). The van der Waals surface area contributed by atoms with Gasteiger partial charge >= 0.3 is 0 Å². The van der Waals surface area contributed by atoms with E-state index in [1.165, 1.54) is 0 Å². The minimum atomic E-state index is -0.0557. The normalized spacial score (nSPS) is 11.3. The van der Waals surface area contributed by atoms with E-state index < -0.39 is 0 Å². The molecule has 4 nitrogen and oxygen atoms in total. The summed E-state index contributed by atoms with van der Waals surface area (Å²) < 4.78 is 2.04. The van der Waals surface area contributed by atoms with Crippen LogP contribution in [0.2, 0.25) is 0 Å². The Labute approximate surface area is 113 Å². The van der Waals surface area contributed by atoms with Gasteiger partial charge in [0.2, 0.25) is 0 Å². The van der Waals surface area contributed by atoms with Gasteiger partial charge in [0.05, 0.1) is 5.56 Å². The highest BCUT2D eigenvalue weighted by Gasteiger charge is 2.14. The van der Waals surface area contributed by atoms with Crippen molar-refractivity contribution in [1.29, 1.82) is 0 Å². The molecule has 2 heterocycles. The fourth-order valence-electron chi connectivity index (χ4n) is 1.73. The lowest BCUT2D eigenvalue weighted by molar-refractivity contribution is 0.0950. The molecule has 0 spiro atoms. The Balaban J connectivity index is 1.99. The molecule has 2 aromatic heterocycles. The van der Waals surface area contributed by atoms with E-state index in [9.17, 15) is 4.79 Å². The summed E-state index contributed by atoms with van der Waals surface area (Å²) in [4.78, 5) is 16.0. The number of nitrogens with one attached hydrogen (secondary N) is 1. The fraction of sp³-hybridized carbons (Fsp3) is 0.333.